The van der Waals surface area contributed by atoms with Crippen LogP contribution in [-0.2, 0) is 14.3 Å². The third-order valence-corrected chi connectivity index (χ3v) is 3.72. The van der Waals surface area contributed by atoms with Gasteiger partial charge in [0.2, 0.25) is 0 Å². The van der Waals surface area contributed by atoms with Crippen LogP contribution >= 0.6 is 34.8 Å². The van der Waals surface area contributed by atoms with E-state index in [4.69, 9.17) is 39.5 Å². The number of alkyl halides is 4. The average Bonchev–Trinajstić information content (AvgIpc) is 2.50. The molecule has 0 heterocycles. The number of ether oxygens (including phenoxy) is 2. The number of rotatable bonds is 8. The van der Waals surface area contributed by atoms with Gasteiger partial charge >= 0.3 is 24.3 Å². The third-order valence-electron chi connectivity index (χ3n) is 2.71. The Balaban J connectivity index is 2.38. The summed E-state index contributed by atoms with van der Waals surface area (Å²) in [5, 5.41) is 0.309. The quantitative estimate of drug-likeness (QED) is 0.250. The zero-order chi connectivity index (χ0) is 19.2. The fraction of sp³-hybridized carbons (Fsp3) is 0.429. The largest absolute Gasteiger partial charge is 0.459 e. The first-order valence-corrected chi connectivity index (χ1v) is 7.83. The van der Waals surface area contributed by atoms with Gasteiger partial charge in [0.05, 0.1) is 15.1 Å². The van der Waals surface area contributed by atoms with Crippen LogP contribution in [0.4, 0.5) is 17.6 Å². The fourth-order valence-corrected chi connectivity index (χ4v) is 2.02. The standard InChI is InChI=1S/C14H11Cl3F4O4/c15-7-4-9(17)10(5-8(7)16)25-12(23)3-1-2-11(22)24-6-14(20,21)13(18)19/h4-5,13H,1-3,6H2. The van der Waals surface area contributed by atoms with Crippen LogP contribution in [0.15, 0.2) is 12.1 Å². The molecule has 0 radical (unpaired) electrons. The van der Waals surface area contributed by atoms with Gasteiger partial charge in [0.15, 0.2) is 12.4 Å². The number of esters is 2. The van der Waals surface area contributed by atoms with E-state index in [9.17, 15) is 27.2 Å². The molecular formula is C14H11Cl3F4O4. The van der Waals surface area contributed by atoms with Gasteiger partial charge < -0.3 is 9.47 Å². The van der Waals surface area contributed by atoms with Crippen molar-refractivity contribution < 1.29 is 36.6 Å². The van der Waals surface area contributed by atoms with Crippen molar-refractivity contribution in [3.8, 4) is 5.75 Å². The van der Waals surface area contributed by atoms with Crippen LogP contribution < -0.4 is 4.74 Å². The minimum Gasteiger partial charge on any atom is -0.459 e. The summed E-state index contributed by atoms with van der Waals surface area (Å²) in [5.74, 6) is -6.37. The van der Waals surface area contributed by atoms with Crippen LogP contribution in [-0.4, -0.2) is 30.9 Å². The molecule has 0 saturated heterocycles. The summed E-state index contributed by atoms with van der Waals surface area (Å²) < 4.78 is 57.9. The van der Waals surface area contributed by atoms with Crippen LogP contribution in [0.2, 0.25) is 15.1 Å². The van der Waals surface area contributed by atoms with Gasteiger partial charge in [-0.15, -0.1) is 0 Å². The molecule has 0 aliphatic heterocycles. The first-order valence-electron chi connectivity index (χ1n) is 6.69. The Morgan fingerprint density at radius 3 is 2.16 bits per heavy atom. The highest BCUT2D eigenvalue weighted by Gasteiger charge is 2.42. The molecule has 0 unspecified atom stereocenters. The molecule has 0 saturated carbocycles. The Morgan fingerprint density at radius 2 is 1.56 bits per heavy atom. The van der Waals surface area contributed by atoms with Crippen LogP contribution in [0.5, 0.6) is 5.75 Å². The smallest absolute Gasteiger partial charge is 0.340 e. The molecule has 11 heteroatoms. The van der Waals surface area contributed by atoms with Crippen LogP contribution in [0, 0.1) is 0 Å². The number of benzene rings is 1. The number of carbonyl (C=O) groups is 2. The Kier molecular flexibility index (Phi) is 8.24. The number of hydrogen-bond acceptors (Lipinski definition) is 4. The van der Waals surface area contributed by atoms with Gasteiger partial charge in [-0.2, -0.15) is 8.78 Å². The molecule has 0 aliphatic rings. The Morgan fingerprint density at radius 1 is 1.00 bits per heavy atom. The first-order chi connectivity index (χ1) is 11.5. The van der Waals surface area contributed by atoms with Gasteiger partial charge in [0.25, 0.3) is 0 Å². The van der Waals surface area contributed by atoms with E-state index in [1.165, 1.54) is 12.1 Å². The number of carbonyl (C=O) groups excluding carboxylic acids is 2. The lowest BCUT2D eigenvalue weighted by molar-refractivity contribution is -0.179. The molecule has 1 aromatic rings. The monoisotopic (exact) mass is 424 g/mol. The predicted octanol–water partition coefficient (Wildman–Crippen LogP) is 5.17. The molecule has 0 atom stereocenters. The highest BCUT2D eigenvalue weighted by atomic mass is 35.5. The van der Waals surface area contributed by atoms with E-state index in [1.54, 1.807) is 0 Å². The Hall–Kier alpha value is -1.25. The van der Waals surface area contributed by atoms with E-state index in [2.05, 4.69) is 4.74 Å². The van der Waals surface area contributed by atoms with Crippen molar-refractivity contribution in [2.45, 2.75) is 31.6 Å². The molecule has 0 spiro atoms. The maximum absolute atomic E-state index is 12.6. The summed E-state index contributed by atoms with van der Waals surface area (Å²) in [7, 11) is 0. The second-order valence-corrected chi connectivity index (χ2v) is 5.97. The zero-order valence-corrected chi connectivity index (χ0v) is 14.6. The van der Waals surface area contributed by atoms with Crippen molar-refractivity contribution in [1.29, 1.82) is 0 Å². The van der Waals surface area contributed by atoms with Gasteiger partial charge in [-0.25, -0.2) is 8.78 Å². The zero-order valence-electron chi connectivity index (χ0n) is 12.3. The third kappa shape index (κ3) is 7.25. The van der Waals surface area contributed by atoms with E-state index < -0.39 is 37.3 Å². The molecule has 1 aromatic carbocycles. The van der Waals surface area contributed by atoms with Crippen molar-refractivity contribution >= 4 is 46.7 Å². The van der Waals surface area contributed by atoms with E-state index in [0.29, 0.717) is 0 Å². The van der Waals surface area contributed by atoms with Gasteiger partial charge in [-0.3, -0.25) is 9.59 Å². The first kappa shape index (κ1) is 21.8. The number of hydrogen-bond donors (Lipinski definition) is 0. The summed E-state index contributed by atoms with van der Waals surface area (Å²) in [6.07, 6.45) is -4.73. The molecule has 0 amide bonds. The predicted molar refractivity (Wildman–Crippen MR) is 82.9 cm³/mol. The lowest BCUT2D eigenvalue weighted by Crippen LogP contribution is -2.33. The topological polar surface area (TPSA) is 52.6 Å². The molecule has 0 bridgehead atoms. The molecule has 0 fully saturated rings. The number of halogens is 7. The van der Waals surface area contributed by atoms with Gasteiger partial charge in [0, 0.05) is 18.9 Å². The van der Waals surface area contributed by atoms with Gasteiger partial charge in [0.1, 0.15) is 0 Å². The molecule has 0 aromatic heterocycles. The van der Waals surface area contributed by atoms with Crippen molar-refractivity contribution in [3.63, 3.8) is 0 Å². The lowest BCUT2D eigenvalue weighted by Gasteiger charge is -2.14. The Labute approximate surface area is 154 Å². The molecule has 140 valence electrons. The van der Waals surface area contributed by atoms with Crippen LogP contribution in [0.1, 0.15) is 19.3 Å². The molecule has 0 N–H and O–H groups in total. The molecule has 0 aliphatic carbocycles. The molecule has 25 heavy (non-hydrogen) atoms. The highest BCUT2D eigenvalue weighted by Crippen LogP contribution is 2.34. The summed E-state index contributed by atoms with van der Waals surface area (Å²) in [6.45, 7) is -1.73. The average molecular weight is 426 g/mol. The maximum Gasteiger partial charge on any atom is 0.340 e. The van der Waals surface area contributed by atoms with E-state index in [1.807, 2.05) is 0 Å². The Bertz CT molecular complexity index is 641. The minimum absolute atomic E-state index is 0.0383. The SMILES string of the molecule is O=C(CCCC(=O)Oc1cc(Cl)c(Cl)cc1Cl)OCC(F)(F)C(F)F. The molecule has 4 nitrogen and oxygen atoms in total. The maximum atomic E-state index is 12.6. The van der Waals surface area contributed by atoms with E-state index in [-0.39, 0.29) is 33.7 Å². The second-order valence-electron chi connectivity index (χ2n) is 4.75. The lowest BCUT2D eigenvalue weighted by atomic mass is 10.2. The molecule has 1 rings (SSSR count). The van der Waals surface area contributed by atoms with Crippen LogP contribution in [0.25, 0.3) is 0 Å². The summed E-state index contributed by atoms with van der Waals surface area (Å²) >= 11 is 17.3. The van der Waals surface area contributed by atoms with Crippen molar-refractivity contribution in [1.82, 2.24) is 0 Å². The molecular weight excluding hydrogens is 415 g/mol. The minimum atomic E-state index is -4.42. The highest BCUT2D eigenvalue weighted by molar-refractivity contribution is 6.43. The van der Waals surface area contributed by atoms with Crippen molar-refractivity contribution in [2.75, 3.05) is 6.61 Å². The van der Waals surface area contributed by atoms with Crippen molar-refractivity contribution in [3.05, 3.63) is 27.2 Å². The summed E-state index contributed by atoms with van der Waals surface area (Å²) in [6, 6.07) is 2.50. The normalized spacial score (nSPS) is 11.5. The van der Waals surface area contributed by atoms with E-state index >= 15 is 0 Å². The van der Waals surface area contributed by atoms with E-state index in [0.717, 1.165) is 0 Å². The summed E-state index contributed by atoms with van der Waals surface area (Å²) in [5.41, 5.74) is 0. The second kappa shape index (κ2) is 9.45. The van der Waals surface area contributed by atoms with Gasteiger partial charge in [-0.1, -0.05) is 34.8 Å². The van der Waals surface area contributed by atoms with Crippen molar-refractivity contribution in [2.24, 2.45) is 0 Å². The van der Waals surface area contributed by atoms with Crippen LogP contribution in [0.3, 0.4) is 0 Å². The summed E-state index contributed by atoms with van der Waals surface area (Å²) in [4.78, 5) is 22.8. The fourth-order valence-electron chi connectivity index (χ4n) is 1.45. The van der Waals surface area contributed by atoms with Gasteiger partial charge in [-0.05, 0) is 12.5 Å².